The summed E-state index contributed by atoms with van der Waals surface area (Å²) in [5, 5.41) is 6.54. The zero-order valence-electron chi connectivity index (χ0n) is 17.3. The molecule has 0 saturated carbocycles. The van der Waals surface area contributed by atoms with E-state index in [1.807, 2.05) is 20.8 Å². The number of benzene rings is 1. The van der Waals surface area contributed by atoms with Crippen molar-refractivity contribution in [1.29, 1.82) is 0 Å². The molecule has 150 valence electrons. The van der Waals surface area contributed by atoms with Gasteiger partial charge in [0, 0.05) is 17.0 Å². The molecule has 0 radical (unpaired) electrons. The molecular weight excluding hydrogens is 344 g/mol. The van der Waals surface area contributed by atoms with Crippen LogP contribution in [0.4, 0.5) is 0 Å². The Morgan fingerprint density at radius 3 is 2.56 bits per heavy atom. The first-order valence-electron chi connectivity index (χ1n) is 9.23. The minimum atomic E-state index is -0.745. The molecule has 1 atom stereocenters. The van der Waals surface area contributed by atoms with Crippen molar-refractivity contribution in [1.82, 2.24) is 5.32 Å². The summed E-state index contributed by atoms with van der Waals surface area (Å²) in [7, 11) is 0. The van der Waals surface area contributed by atoms with Crippen LogP contribution in [0.5, 0.6) is 5.75 Å². The van der Waals surface area contributed by atoms with Crippen LogP contribution in [0.3, 0.4) is 0 Å². The zero-order chi connectivity index (χ0) is 20.5. The first-order valence-corrected chi connectivity index (χ1v) is 9.23. The monoisotopic (exact) mass is 376 g/mol. The normalized spacial score (nSPS) is 12.8. The van der Waals surface area contributed by atoms with Crippen molar-refractivity contribution >= 4 is 5.91 Å². The molecular formula is C20H32N4O3. The number of nitrogens with zero attached hydrogens (tertiary/aromatic N) is 3. The Hall–Kier alpha value is -2.24. The number of ether oxygens (including phenoxy) is 2. The van der Waals surface area contributed by atoms with Crippen LogP contribution in [-0.2, 0) is 4.74 Å². The average Bonchev–Trinajstić information content (AvgIpc) is 2.55. The largest absolute Gasteiger partial charge is 0.491 e. The summed E-state index contributed by atoms with van der Waals surface area (Å²) < 4.78 is 11.3. The minimum absolute atomic E-state index is 0.0674. The van der Waals surface area contributed by atoms with Crippen molar-refractivity contribution in [2.45, 2.75) is 66.2 Å². The standard InChI is InChI=1S/C20H32N4O3/c1-19(2,3)11-8-12-22-18(25)15-9-7-10-16(13-15)26-14-17(23-24-21)27-20(4,5)6/h7,9-10,13,17H,8,11-12,14H2,1-6H3,(H,22,25). The van der Waals surface area contributed by atoms with Gasteiger partial charge in [-0.25, -0.2) is 0 Å². The van der Waals surface area contributed by atoms with E-state index >= 15 is 0 Å². The minimum Gasteiger partial charge on any atom is -0.491 e. The van der Waals surface area contributed by atoms with E-state index in [1.165, 1.54) is 0 Å². The molecule has 0 bridgehead atoms. The van der Waals surface area contributed by atoms with Crippen LogP contribution in [0.1, 0.15) is 64.7 Å². The topological polar surface area (TPSA) is 96.3 Å². The van der Waals surface area contributed by atoms with E-state index < -0.39 is 11.8 Å². The van der Waals surface area contributed by atoms with E-state index in [1.54, 1.807) is 24.3 Å². The molecule has 1 aromatic rings. The third-order valence-corrected chi connectivity index (χ3v) is 3.55. The number of carbonyl (C=O) groups is 1. The van der Waals surface area contributed by atoms with Crippen molar-refractivity contribution in [2.24, 2.45) is 10.5 Å². The van der Waals surface area contributed by atoms with E-state index in [9.17, 15) is 4.79 Å². The molecule has 7 nitrogen and oxygen atoms in total. The van der Waals surface area contributed by atoms with Crippen LogP contribution in [0, 0.1) is 5.41 Å². The van der Waals surface area contributed by atoms with Gasteiger partial charge in [-0.1, -0.05) is 32.0 Å². The molecule has 0 aliphatic heterocycles. The highest BCUT2D eigenvalue weighted by atomic mass is 16.6. The predicted molar refractivity (Wildman–Crippen MR) is 107 cm³/mol. The third kappa shape index (κ3) is 10.5. The van der Waals surface area contributed by atoms with E-state index in [4.69, 9.17) is 15.0 Å². The summed E-state index contributed by atoms with van der Waals surface area (Å²) in [6.07, 6.45) is 1.24. The Balaban J connectivity index is 2.59. The Morgan fingerprint density at radius 2 is 1.96 bits per heavy atom. The first-order chi connectivity index (χ1) is 12.5. The quantitative estimate of drug-likeness (QED) is 0.282. The smallest absolute Gasteiger partial charge is 0.251 e. The highest BCUT2D eigenvalue weighted by Gasteiger charge is 2.18. The van der Waals surface area contributed by atoms with Gasteiger partial charge >= 0.3 is 0 Å². The van der Waals surface area contributed by atoms with Crippen molar-refractivity contribution in [3.63, 3.8) is 0 Å². The van der Waals surface area contributed by atoms with Gasteiger partial charge in [0.05, 0.1) is 5.60 Å². The fraction of sp³-hybridized carbons (Fsp3) is 0.650. The lowest BCUT2D eigenvalue weighted by Gasteiger charge is -2.24. The molecule has 7 heteroatoms. The van der Waals surface area contributed by atoms with Crippen molar-refractivity contribution in [2.75, 3.05) is 13.2 Å². The SMILES string of the molecule is CC(C)(C)CCCNC(=O)c1cccc(OCC(N=[N+]=[N-])OC(C)(C)C)c1. The lowest BCUT2D eigenvalue weighted by Crippen LogP contribution is -2.30. The first kappa shape index (κ1) is 22.8. The molecule has 1 aromatic carbocycles. The van der Waals surface area contributed by atoms with Gasteiger partial charge in [0.1, 0.15) is 12.4 Å². The molecule has 0 heterocycles. The molecule has 0 aromatic heterocycles. The lowest BCUT2D eigenvalue weighted by atomic mass is 9.91. The van der Waals surface area contributed by atoms with Crippen LogP contribution >= 0.6 is 0 Å². The second kappa shape index (κ2) is 10.2. The number of hydrogen-bond donors (Lipinski definition) is 1. The molecule has 0 aliphatic carbocycles. The summed E-state index contributed by atoms with van der Waals surface area (Å²) in [5.41, 5.74) is 9.00. The maximum absolute atomic E-state index is 12.3. The van der Waals surface area contributed by atoms with Gasteiger partial charge in [-0.2, -0.15) is 0 Å². The fourth-order valence-electron chi connectivity index (χ4n) is 2.37. The van der Waals surface area contributed by atoms with Gasteiger partial charge < -0.3 is 14.8 Å². The third-order valence-electron chi connectivity index (χ3n) is 3.55. The number of amides is 1. The molecule has 0 aliphatic rings. The maximum Gasteiger partial charge on any atom is 0.251 e. The van der Waals surface area contributed by atoms with E-state index in [0.29, 0.717) is 17.9 Å². The summed E-state index contributed by atoms with van der Waals surface area (Å²) in [6, 6.07) is 6.92. The predicted octanol–water partition coefficient (Wildman–Crippen LogP) is 5.07. The highest BCUT2D eigenvalue weighted by molar-refractivity contribution is 5.94. The van der Waals surface area contributed by atoms with E-state index in [0.717, 1.165) is 12.8 Å². The maximum atomic E-state index is 12.3. The number of rotatable bonds is 9. The summed E-state index contributed by atoms with van der Waals surface area (Å²) in [6.45, 7) is 12.9. The number of carbonyl (C=O) groups excluding carboxylic acids is 1. The Bertz CT molecular complexity index is 656. The second-order valence-corrected chi connectivity index (χ2v) is 8.65. The fourth-order valence-corrected chi connectivity index (χ4v) is 2.37. The van der Waals surface area contributed by atoms with E-state index in [-0.39, 0.29) is 17.9 Å². The zero-order valence-corrected chi connectivity index (χ0v) is 17.3. The summed E-state index contributed by atoms with van der Waals surface area (Å²) in [4.78, 5) is 15.1. The molecule has 0 spiro atoms. The molecule has 1 amide bonds. The van der Waals surface area contributed by atoms with Gasteiger partial charge in [-0.05, 0) is 62.8 Å². The van der Waals surface area contributed by atoms with Gasteiger partial charge in [0.2, 0.25) is 0 Å². The van der Waals surface area contributed by atoms with Crippen molar-refractivity contribution in [3.8, 4) is 5.75 Å². The number of azide groups is 1. The van der Waals surface area contributed by atoms with Gasteiger partial charge in [0.15, 0.2) is 6.23 Å². The van der Waals surface area contributed by atoms with Gasteiger partial charge in [0.25, 0.3) is 5.91 Å². The summed E-state index contributed by atoms with van der Waals surface area (Å²) >= 11 is 0. The number of nitrogens with one attached hydrogen (secondary N) is 1. The summed E-state index contributed by atoms with van der Waals surface area (Å²) in [5.74, 6) is 0.389. The van der Waals surface area contributed by atoms with Crippen LogP contribution < -0.4 is 10.1 Å². The van der Waals surface area contributed by atoms with Crippen LogP contribution in [0.2, 0.25) is 0 Å². The van der Waals surface area contributed by atoms with Crippen molar-refractivity contribution < 1.29 is 14.3 Å². The van der Waals surface area contributed by atoms with Crippen molar-refractivity contribution in [3.05, 3.63) is 40.3 Å². The molecule has 1 rings (SSSR count). The van der Waals surface area contributed by atoms with Crippen LogP contribution in [-0.4, -0.2) is 30.9 Å². The van der Waals surface area contributed by atoms with E-state index in [2.05, 4.69) is 36.1 Å². The van der Waals surface area contributed by atoms with Gasteiger partial charge in [-0.15, -0.1) is 0 Å². The Morgan fingerprint density at radius 1 is 1.26 bits per heavy atom. The molecule has 1 N–H and O–H groups in total. The van der Waals surface area contributed by atoms with Gasteiger partial charge in [-0.3, -0.25) is 4.79 Å². The second-order valence-electron chi connectivity index (χ2n) is 8.65. The van der Waals surface area contributed by atoms with Crippen LogP contribution in [0.15, 0.2) is 29.4 Å². The van der Waals surface area contributed by atoms with Crippen LogP contribution in [0.25, 0.3) is 10.4 Å². The molecule has 0 saturated heterocycles. The Labute approximate surface area is 162 Å². The molecule has 0 fully saturated rings. The molecule has 1 unspecified atom stereocenters. The average molecular weight is 377 g/mol. The highest BCUT2D eigenvalue weighted by Crippen LogP contribution is 2.20. The molecule has 27 heavy (non-hydrogen) atoms. The number of hydrogen-bond acceptors (Lipinski definition) is 4. The lowest BCUT2D eigenvalue weighted by molar-refractivity contribution is -0.0723. The Kier molecular flexibility index (Phi) is 8.60.